The molecule has 1 amide bonds. The predicted octanol–water partition coefficient (Wildman–Crippen LogP) is 4.71. The van der Waals surface area contributed by atoms with E-state index in [1.165, 1.54) is 19.2 Å². The number of hydrogen-bond acceptors (Lipinski definition) is 4. The third-order valence-corrected chi connectivity index (χ3v) is 3.92. The average Bonchev–Trinajstić information content (AvgIpc) is 2.54. The van der Waals surface area contributed by atoms with Crippen molar-refractivity contribution in [2.24, 2.45) is 0 Å². The fraction of sp³-hybridized carbons (Fsp3) is 0.188. The van der Waals surface area contributed by atoms with Gasteiger partial charge < -0.3 is 15.4 Å². The number of alkyl halides is 2. The van der Waals surface area contributed by atoms with Gasteiger partial charge in [-0.25, -0.2) is 0 Å². The van der Waals surface area contributed by atoms with Crippen LogP contribution in [0.25, 0.3) is 0 Å². The Morgan fingerprint density at radius 2 is 1.96 bits per heavy atom. The van der Waals surface area contributed by atoms with Gasteiger partial charge in [0, 0.05) is 15.6 Å². The quantitative estimate of drug-likeness (QED) is 0.691. The molecule has 0 spiro atoms. The molecular formula is C16H15ClF2N2O2S. The molecule has 2 aromatic rings. The number of halogens is 3. The van der Waals surface area contributed by atoms with Crippen LogP contribution in [-0.2, 0) is 4.79 Å². The van der Waals surface area contributed by atoms with Crippen LogP contribution in [0.1, 0.15) is 0 Å². The van der Waals surface area contributed by atoms with Gasteiger partial charge in [-0.15, -0.1) is 0 Å². The van der Waals surface area contributed by atoms with Crippen molar-refractivity contribution in [3.63, 3.8) is 0 Å². The summed E-state index contributed by atoms with van der Waals surface area (Å²) in [5.74, 6) is -2.19. The fourth-order valence-corrected chi connectivity index (χ4v) is 2.59. The van der Waals surface area contributed by atoms with Crippen molar-refractivity contribution in [1.29, 1.82) is 0 Å². The normalized spacial score (nSPS) is 10.5. The van der Waals surface area contributed by atoms with Gasteiger partial charge in [-0.2, -0.15) is 8.78 Å². The zero-order valence-corrected chi connectivity index (χ0v) is 14.3. The maximum absolute atomic E-state index is 12.2. The van der Waals surface area contributed by atoms with Crippen molar-refractivity contribution < 1.29 is 18.3 Å². The second kappa shape index (κ2) is 8.75. The molecule has 0 atom stereocenters. The van der Waals surface area contributed by atoms with Gasteiger partial charge in [-0.1, -0.05) is 23.4 Å². The van der Waals surface area contributed by atoms with Gasteiger partial charge in [0.25, 0.3) is 5.76 Å². The van der Waals surface area contributed by atoms with Gasteiger partial charge in [0.05, 0.1) is 19.3 Å². The smallest absolute Gasteiger partial charge is 0.288 e. The van der Waals surface area contributed by atoms with Gasteiger partial charge >= 0.3 is 0 Å². The number of ether oxygens (including phenoxy) is 1. The zero-order valence-electron chi connectivity index (χ0n) is 12.7. The van der Waals surface area contributed by atoms with Crippen LogP contribution in [0.3, 0.4) is 0 Å². The van der Waals surface area contributed by atoms with Crippen LogP contribution in [0, 0.1) is 0 Å². The third kappa shape index (κ3) is 5.58. The first kappa shape index (κ1) is 18.4. The topological polar surface area (TPSA) is 50.4 Å². The van der Waals surface area contributed by atoms with E-state index in [0.29, 0.717) is 38.8 Å². The molecule has 2 aromatic carbocycles. The van der Waals surface area contributed by atoms with Crippen molar-refractivity contribution >= 4 is 40.6 Å². The number of thioether (sulfide) groups is 1. The molecule has 24 heavy (non-hydrogen) atoms. The number of amides is 1. The standard InChI is InChI=1S/C16H15ClF2N2O2S/c1-23-14-7-2-10(17)8-13(14)20-9-15(22)21-11-3-5-12(6-4-11)24-16(18)19/h2-8,16,20H,9H2,1H3,(H,21,22). The Labute approximate surface area is 147 Å². The van der Waals surface area contributed by atoms with Crippen molar-refractivity contribution in [2.45, 2.75) is 10.7 Å². The molecule has 2 rings (SSSR count). The molecule has 0 aliphatic heterocycles. The minimum atomic E-state index is -2.47. The Bertz CT molecular complexity index is 699. The number of hydrogen-bond donors (Lipinski definition) is 2. The van der Waals surface area contributed by atoms with E-state index in [-0.39, 0.29) is 12.5 Å². The highest BCUT2D eigenvalue weighted by Crippen LogP contribution is 2.28. The van der Waals surface area contributed by atoms with Crippen LogP contribution in [-0.4, -0.2) is 25.3 Å². The van der Waals surface area contributed by atoms with E-state index in [1.807, 2.05) is 0 Å². The summed E-state index contributed by atoms with van der Waals surface area (Å²) in [5.41, 5.74) is 1.13. The number of carbonyl (C=O) groups is 1. The molecule has 0 saturated heterocycles. The third-order valence-electron chi connectivity index (χ3n) is 2.96. The van der Waals surface area contributed by atoms with Crippen molar-refractivity contribution in [1.82, 2.24) is 0 Å². The van der Waals surface area contributed by atoms with E-state index in [9.17, 15) is 13.6 Å². The highest BCUT2D eigenvalue weighted by Gasteiger charge is 2.08. The summed E-state index contributed by atoms with van der Waals surface area (Å²) >= 11 is 6.37. The molecule has 128 valence electrons. The number of anilines is 2. The average molecular weight is 373 g/mol. The molecule has 0 unspecified atom stereocenters. The maximum atomic E-state index is 12.2. The summed E-state index contributed by atoms with van der Waals surface area (Å²) in [7, 11) is 1.52. The molecule has 0 saturated carbocycles. The Morgan fingerprint density at radius 3 is 2.58 bits per heavy atom. The lowest BCUT2D eigenvalue weighted by Gasteiger charge is -2.12. The highest BCUT2D eigenvalue weighted by atomic mass is 35.5. The lowest BCUT2D eigenvalue weighted by Crippen LogP contribution is -2.21. The summed E-state index contributed by atoms with van der Waals surface area (Å²) in [6.07, 6.45) is 0. The molecule has 0 heterocycles. The second-order valence-corrected chi connectivity index (χ2v) is 6.15. The maximum Gasteiger partial charge on any atom is 0.288 e. The van der Waals surface area contributed by atoms with Crippen LogP contribution in [0.2, 0.25) is 5.02 Å². The van der Waals surface area contributed by atoms with Crippen LogP contribution >= 0.6 is 23.4 Å². The van der Waals surface area contributed by atoms with E-state index in [4.69, 9.17) is 16.3 Å². The highest BCUT2D eigenvalue weighted by molar-refractivity contribution is 7.99. The van der Waals surface area contributed by atoms with Crippen LogP contribution in [0.5, 0.6) is 5.75 Å². The Morgan fingerprint density at radius 1 is 1.25 bits per heavy atom. The first-order valence-electron chi connectivity index (χ1n) is 6.90. The summed E-state index contributed by atoms with van der Waals surface area (Å²) < 4.78 is 29.7. The van der Waals surface area contributed by atoms with Gasteiger partial charge in [0.15, 0.2) is 0 Å². The number of nitrogens with one attached hydrogen (secondary N) is 2. The number of carbonyl (C=O) groups excluding carboxylic acids is 1. The van der Waals surface area contributed by atoms with E-state index < -0.39 is 5.76 Å². The first-order valence-corrected chi connectivity index (χ1v) is 8.16. The molecule has 0 fully saturated rings. The number of benzene rings is 2. The van der Waals surface area contributed by atoms with Crippen molar-refractivity contribution in [2.75, 3.05) is 24.3 Å². The first-order chi connectivity index (χ1) is 11.5. The van der Waals surface area contributed by atoms with Crippen molar-refractivity contribution in [3.05, 3.63) is 47.5 Å². The van der Waals surface area contributed by atoms with Gasteiger partial charge in [0.1, 0.15) is 5.75 Å². The molecule has 0 aliphatic carbocycles. The number of methoxy groups -OCH3 is 1. The number of rotatable bonds is 7. The minimum Gasteiger partial charge on any atom is -0.495 e. The van der Waals surface area contributed by atoms with E-state index in [0.717, 1.165) is 0 Å². The lowest BCUT2D eigenvalue weighted by atomic mass is 10.3. The largest absolute Gasteiger partial charge is 0.495 e. The van der Waals surface area contributed by atoms with Gasteiger partial charge in [-0.05, 0) is 42.5 Å². The monoisotopic (exact) mass is 372 g/mol. The van der Waals surface area contributed by atoms with Crippen LogP contribution in [0.4, 0.5) is 20.2 Å². The van der Waals surface area contributed by atoms with E-state index in [1.54, 1.807) is 30.3 Å². The molecule has 0 aromatic heterocycles. The minimum absolute atomic E-state index is 0.00420. The summed E-state index contributed by atoms with van der Waals surface area (Å²) in [4.78, 5) is 12.4. The van der Waals surface area contributed by atoms with Gasteiger partial charge in [-0.3, -0.25) is 4.79 Å². The van der Waals surface area contributed by atoms with Gasteiger partial charge in [0.2, 0.25) is 5.91 Å². The molecule has 2 N–H and O–H groups in total. The SMILES string of the molecule is COc1ccc(Cl)cc1NCC(=O)Nc1ccc(SC(F)F)cc1. The van der Waals surface area contributed by atoms with Crippen LogP contribution < -0.4 is 15.4 Å². The Hall–Kier alpha value is -1.99. The predicted molar refractivity (Wildman–Crippen MR) is 93.4 cm³/mol. The molecule has 4 nitrogen and oxygen atoms in total. The van der Waals surface area contributed by atoms with E-state index >= 15 is 0 Å². The van der Waals surface area contributed by atoms with E-state index in [2.05, 4.69) is 10.6 Å². The molecule has 0 bridgehead atoms. The lowest BCUT2D eigenvalue weighted by molar-refractivity contribution is -0.114. The van der Waals surface area contributed by atoms with Crippen molar-refractivity contribution in [3.8, 4) is 5.75 Å². The summed E-state index contributed by atoms with van der Waals surface area (Å²) in [5, 5.41) is 6.13. The summed E-state index contributed by atoms with van der Waals surface area (Å²) in [6, 6.07) is 11.2. The molecule has 0 radical (unpaired) electrons. The van der Waals surface area contributed by atoms with Crippen LogP contribution in [0.15, 0.2) is 47.4 Å². The molecule has 0 aliphatic rings. The molecule has 8 heteroatoms. The zero-order chi connectivity index (χ0) is 17.5. The summed E-state index contributed by atoms with van der Waals surface area (Å²) in [6.45, 7) is 0.00420. The Kier molecular flexibility index (Phi) is 6.69. The Balaban J connectivity index is 1.90. The molecular weight excluding hydrogens is 358 g/mol. The fourth-order valence-electron chi connectivity index (χ4n) is 1.92. The second-order valence-electron chi connectivity index (χ2n) is 4.65.